The normalized spacial score (nSPS) is 23.2. The molecule has 10 nitrogen and oxygen atoms in total. The predicted octanol–water partition coefficient (Wildman–Crippen LogP) is 5.18. The molecule has 2 saturated heterocycles. The van der Waals surface area contributed by atoms with Crippen molar-refractivity contribution in [2.45, 2.75) is 77.2 Å². The fourth-order valence-corrected chi connectivity index (χ4v) is 7.13. The van der Waals surface area contributed by atoms with Crippen LogP contribution in [-0.2, 0) is 27.1 Å². The number of carbonyl (C=O) groups is 2. The molecule has 6 rings (SSSR count). The standard InChI is InChI=1S/C39H50FN5O5/c1-27-21-43(34(22-42-15-16-48-25-28(42)2)23-44(27)38(47)50-39(3,4)5)24-36(46)45-33(18-29-9-7-6-8-10-29)26-49-37-35(45)19-31(20-41-37)17-30-11-13-32(40)14-12-30/h6-14,19-20,27-28,33-34H,15-18,21-26H2,1-5H3/t27-,28-,33+,34+/m1/s1. The number of fused-ring (bicyclic) bond motifs is 1. The molecule has 2 amide bonds. The van der Waals surface area contributed by atoms with Crippen LogP contribution in [0.15, 0.2) is 66.9 Å². The zero-order chi connectivity index (χ0) is 35.4. The van der Waals surface area contributed by atoms with Gasteiger partial charge in [0.25, 0.3) is 0 Å². The minimum absolute atomic E-state index is 0.0471. The minimum atomic E-state index is -0.612. The topological polar surface area (TPSA) is 87.7 Å². The Morgan fingerprint density at radius 3 is 2.40 bits per heavy atom. The smallest absolute Gasteiger partial charge is 0.410 e. The Morgan fingerprint density at radius 1 is 0.920 bits per heavy atom. The van der Waals surface area contributed by atoms with Crippen LogP contribution >= 0.6 is 0 Å². The lowest BCUT2D eigenvalue weighted by Crippen LogP contribution is -2.65. The molecule has 0 radical (unpaired) electrons. The number of nitrogens with zero attached hydrogens (tertiary/aromatic N) is 5. The van der Waals surface area contributed by atoms with E-state index in [1.165, 1.54) is 12.1 Å². The highest BCUT2D eigenvalue weighted by Gasteiger charge is 2.41. The van der Waals surface area contributed by atoms with Gasteiger partial charge in [-0.15, -0.1) is 0 Å². The van der Waals surface area contributed by atoms with Crippen LogP contribution < -0.4 is 9.64 Å². The van der Waals surface area contributed by atoms with Gasteiger partial charge in [0, 0.05) is 50.5 Å². The molecule has 268 valence electrons. The summed E-state index contributed by atoms with van der Waals surface area (Å²) >= 11 is 0. The Bertz CT molecular complexity index is 1620. The molecule has 4 heterocycles. The maximum Gasteiger partial charge on any atom is 0.410 e. The molecule has 0 spiro atoms. The molecule has 0 aliphatic carbocycles. The molecule has 50 heavy (non-hydrogen) atoms. The Labute approximate surface area is 295 Å². The molecule has 3 aliphatic rings. The van der Waals surface area contributed by atoms with E-state index >= 15 is 0 Å². The molecule has 2 fully saturated rings. The van der Waals surface area contributed by atoms with Gasteiger partial charge in [0.1, 0.15) is 23.7 Å². The van der Waals surface area contributed by atoms with Gasteiger partial charge < -0.3 is 19.1 Å². The average molecular weight is 688 g/mol. The van der Waals surface area contributed by atoms with E-state index in [1.807, 2.05) is 61.8 Å². The number of hydrogen-bond donors (Lipinski definition) is 0. The first-order valence-electron chi connectivity index (χ1n) is 17.7. The number of rotatable bonds is 8. The average Bonchev–Trinajstić information content (AvgIpc) is 3.07. The quantitative estimate of drug-likeness (QED) is 0.321. The molecule has 3 aromatic rings. The third-order valence-electron chi connectivity index (χ3n) is 9.70. The first kappa shape index (κ1) is 35.8. The van der Waals surface area contributed by atoms with E-state index in [0.717, 1.165) is 23.2 Å². The molecule has 0 saturated carbocycles. The number of aromatic nitrogens is 1. The van der Waals surface area contributed by atoms with Crippen molar-refractivity contribution >= 4 is 17.7 Å². The summed E-state index contributed by atoms with van der Waals surface area (Å²) in [5.41, 5.74) is 2.98. The summed E-state index contributed by atoms with van der Waals surface area (Å²) in [6.07, 6.45) is 2.59. The number of benzene rings is 2. The number of carbonyl (C=O) groups excluding carboxylic acids is 2. The van der Waals surface area contributed by atoms with Crippen LogP contribution in [0.4, 0.5) is 14.9 Å². The van der Waals surface area contributed by atoms with Crippen LogP contribution in [0.1, 0.15) is 51.3 Å². The number of amides is 2. The number of halogens is 1. The first-order valence-corrected chi connectivity index (χ1v) is 17.7. The van der Waals surface area contributed by atoms with Gasteiger partial charge in [0.05, 0.1) is 25.8 Å². The van der Waals surface area contributed by atoms with Crippen LogP contribution in [0.25, 0.3) is 0 Å². The third-order valence-corrected chi connectivity index (χ3v) is 9.70. The lowest BCUT2D eigenvalue weighted by Gasteiger charge is -2.48. The largest absolute Gasteiger partial charge is 0.474 e. The fraction of sp³-hybridized carbons (Fsp3) is 0.513. The van der Waals surface area contributed by atoms with Crippen LogP contribution in [0.3, 0.4) is 0 Å². The van der Waals surface area contributed by atoms with Crippen molar-refractivity contribution in [1.82, 2.24) is 19.7 Å². The summed E-state index contributed by atoms with van der Waals surface area (Å²) in [4.78, 5) is 41.1. The highest BCUT2D eigenvalue weighted by molar-refractivity contribution is 5.97. The van der Waals surface area contributed by atoms with E-state index in [4.69, 9.17) is 14.2 Å². The second kappa shape index (κ2) is 15.4. The molecule has 0 N–H and O–H groups in total. The van der Waals surface area contributed by atoms with Crippen molar-refractivity contribution in [2.24, 2.45) is 0 Å². The number of hydrogen-bond acceptors (Lipinski definition) is 8. The number of piperazine rings is 1. The van der Waals surface area contributed by atoms with Crippen molar-refractivity contribution in [2.75, 3.05) is 57.4 Å². The second-order valence-corrected chi connectivity index (χ2v) is 14.9. The molecule has 1 aromatic heterocycles. The van der Waals surface area contributed by atoms with E-state index in [-0.39, 0.29) is 48.5 Å². The van der Waals surface area contributed by atoms with Crippen molar-refractivity contribution in [3.63, 3.8) is 0 Å². The number of anilines is 1. The van der Waals surface area contributed by atoms with Crippen LogP contribution in [-0.4, -0.2) is 114 Å². The summed E-state index contributed by atoms with van der Waals surface area (Å²) < 4.78 is 31.3. The zero-order valence-corrected chi connectivity index (χ0v) is 29.9. The maximum absolute atomic E-state index is 14.8. The summed E-state index contributed by atoms with van der Waals surface area (Å²) in [7, 11) is 0. The molecular weight excluding hydrogens is 637 g/mol. The summed E-state index contributed by atoms with van der Waals surface area (Å²) in [5, 5.41) is 0. The Morgan fingerprint density at radius 2 is 1.68 bits per heavy atom. The maximum atomic E-state index is 14.8. The fourth-order valence-electron chi connectivity index (χ4n) is 7.13. The number of morpholine rings is 1. The lowest BCUT2D eigenvalue weighted by molar-refractivity contribution is -0.122. The highest BCUT2D eigenvalue weighted by Crippen LogP contribution is 2.35. The molecule has 0 bridgehead atoms. The van der Waals surface area contributed by atoms with Gasteiger partial charge in [-0.2, -0.15) is 0 Å². The van der Waals surface area contributed by atoms with Gasteiger partial charge in [-0.1, -0.05) is 42.5 Å². The van der Waals surface area contributed by atoms with Gasteiger partial charge >= 0.3 is 6.09 Å². The minimum Gasteiger partial charge on any atom is -0.474 e. The van der Waals surface area contributed by atoms with E-state index < -0.39 is 5.60 Å². The Hall–Kier alpha value is -4.06. The van der Waals surface area contributed by atoms with E-state index in [0.29, 0.717) is 63.9 Å². The zero-order valence-electron chi connectivity index (χ0n) is 29.9. The van der Waals surface area contributed by atoms with E-state index in [2.05, 4.69) is 33.8 Å². The molecule has 0 unspecified atom stereocenters. The molecule has 4 atom stereocenters. The van der Waals surface area contributed by atoms with Crippen LogP contribution in [0.2, 0.25) is 0 Å². The van der Waals surface area contributed by atoms with Gasteiger partial charge in [0.2, 0.25) is 11.8 Å². The van der Waals surface area contributed by atoms with E-state index in [9.17, 15) is 14.0 Å². The van der Waals surface area contributed by atoms with Gasteiger partial charge in [-0.25, -0.2) is 14.2 Å². The summed E-state index contributed by atoms with van der Waals surface area (Å²) in [6.45, 7) is 14.1. The van der Waals surface area contributed by atoms with Crippen molar-refractivity contribution in [3.05, 3.63) is 89.4 Å². The number of pyridine rings is 1. The molecular formula is C39H50FN5O5. The van der Waals surface area contributed by atoms with Crippen molar-refractivity contribution < 1.29 is 28.2 Å². The SMILES string of the molecule is C[C@@H]1COCCN1C[C@H]1CN(C(=O)OC(C)(C)C)[C@H](C)CN1CC(=O)N1c2cc(Cc3ccc(F)cc3)cnc2OC[C@@H]1Cc1ccccc1. The summed E-state index contributed by atoms with van der Waals surface area (Å²) in [6, 6.07) is 18.3. The predicted molar refractivity (Wildman–Crippen MR) is 190 cm³/mol. The van der Waals surface area contributed by atoms with Crippen molar-refractivity contribution in [1.29, 1.82) is 0 Å². The van der Waals surface area contributed by atoms with Gasteiger partial charge in [-0.3, -0.25) is 19.5 Å². The van der Waals surface area contributed by atoms with Crippen LogP contribution in [0, 0.1) is 5.82 Å². The Kier molecular flexibility index (Phi) is 11.0. The molecule has 2 aromatic carbocycles. The Balaban J connectivity index is 1.29. The highest BCUT2D eigenvalue weighted by atomic mass is 19.1. The third kappa shape index (κ3) is 8.80. The van der Waals surface area contributed by atoms with Gasteiger partial charge in [-0.05, 0) is 82.3 Å². The lowest BCUT2D eigenvalue weighted by atomic mass is 10.0. The second-order valence-electron chi connectivity index (χ2n) is 14.9. The molecule has 11 heteroatoms. The van der Waals surface area contributed by atoms with E-state index in [1.54, 1.807) is 18.3 Å². The van der Waals surface area contributed by atoms with Crippen molar-refractivity contribution in [3.8, 4) is 5.88 Å². The number of ether oxygens (including phenoxy) is 3. The van der Waals surface area contributed by atoms with Crippen LogP contribution in [0.5, 0.6) is 5.88 Å². The monoisotopic (exact) mass is 687 g/mol. The summed E-state index contributed by atoms with van der Waals surface area (Å²) in [5.74, 6) is 0.0929. The van der Waals surface area contributed by atoms with Gasteiger partial charge in [0.15, 0.2) is 0 Å². The first-order chi connectivity index (χ1) is 23.9. The molecule has 3 aliphatic heterocycles.